The van der Waals surface area contributed by atoms with Crippen LogP contribution in [0.3, 0.4) is 0 Å². The molecule has 0 saturated carbocycles. The number of para-hydroxylation sites is 1. The van der Waals surface area contributed by atoms with Crippen LogP contribution in [0.25, 0.3) is 0 Å². The summed E-state index contributed by atoms with van der Waals surface area (Å²) in [6, 6.07) is 14.4. The number of hydrogen-bond donors (Lipinski definition) is 1. The van der Waals surface area contributed by atoms with Gasteiger partial charge in [0.25, 0.3) is 5.91 Å². The van der Waals surface area contributed by atoms with E-state index in [1.807, 2.05) is 0 Å². The van der Waals surface area contributed by atoms with E-state index in [1.54, 1.807) is 41.8 Å². The first-order valence-corrected chi connectivity index (χ1v) is 13.5. The van der Waals surface area contributed by atoms with E-state index in [4.69, 9.17) is 9.47 Å². The van der Waals surface area contributed by atoms with Gasteiger partial charge in [-0.3, -0.25) is 9.59 Å². The average molecular weight is 541 g/mol. The molecule has 1 aliphatic rings. The van der Waals surface area contributed by atoms with Crippen molar-refractivity contribution in [1.82, 2.24) is 4.31 Å². The van der Waals surface area contributed by atoms with Crippen LogP contribution in [0.4, 0.5) is 5.69 Å². The maximum atomic E-state index is 13.7. The minimum atomic E-state index is -4.26. The van der Waals surface area contributed by atoms with E-state index in [9.17, 15) is 23.1 Å². The highest BCUT2D eigenvalue weighted by Gasteiger charge is 2.41. The van der Waals surface area contributed by atoms with Crippen molar-refractivity contribution in [2.45, 2.75) is 17.5 Å². The normalized spacial score (nSPS) is 15.7. The fraction of sp³-hybridized carbons (Fsp3) is 0.231. The molecule has 192 valence electrons. The van der Waals surface area contributed by atoms with Crippen molar-refractivity contribution in [3.05, 3.63) is 76.5 Å². The van der Waals surface area contributed by atoms with Crippen molar-refractivity contribution in [2.24, 2.45) is 0 Å². The molecule has 2 aromatic carbocycles. The smallest absolute Gasteiger partial charge is 0.323 e. The monoisotopic (exact) mass is 540 g/mol. The van der Waals surface area contributed by atoms with Gasteiger partial charge in [0.05, 0.1) is 16.3 Å². The Balaban J connectivity index is 1.65. The van der Waals surface area contributed by atoms with E-state index >= 15 is 0 Å². The van der Waals surface area contributed by atoms with E-state index < -0.39 is 22.0 Å². The standard InChI is InChI=1S/C26H24N2O7S2/c1-34-14-4-5-15-35-20-10-12-21(13-11-20)37(32,33)28-17-19-7-2-3-8-22(19)27(18-23(28)26(30)31)25(29)24-9-6-16-36-24/h2-3,6-13,16,23H,14-15,17-18H2,1H3,(H,30,31). The van der Waals surface area contributed by atoms with E-state index in [-0.39, 0.29) is 37.1 Å². The van der Waals surface area contributed by atoms with E-state index in [1.165, 1.54) is 47.6 Å². The maximum Gasteiger partial charge on any atom is 0.323 e. The first kappa shape index (κ1) is 26.4. The lowest BCUT2D eigenvalue weighted by atomic mass is 10.1. The number of rotatable bonds is 7. The molecule has 0 bridgehead atoms. The van der Waals surface area contributed by atoms with Gasteiger partial charge in [-0.2, -0.15) is 4.31 Å². The van der Waals surface area contributed by atoms with Crippen molar-refractivity contribution in [2.75, 3.05) is 31.8 Å². The molecule has 1 amide bonds. The SMILES string of the molecule is COCC#CCOc1ccc(S(=O)(=O)N2Cc3ccccc3N(C(=O)c3cccs3)CC2C(=O)O)cc1. The summed E-state index contributed by atoms with van der Waals surface area (Å²) in [4.78, 5) is 27.3. The van der Waals surface area contributed by atoms with E-state index in [2.05, 4.69) is 11.8 Å². The molecule has 3 aromatic rings. The number of carboxylic acid groups (broad SMARTS) is 1. The Labute approximate surface area is 218 Å². The van der Waals surface area contributed by atoms with Gasteiger partial charge in [-0.05, 0) is 47.3 Å². The van der Waals surface area contributed by atoms with Crippen LogP contribution in [0.1, 0.15) is 15.2 Å². The number of hydrogen-bond acceptors (Lipinski definition) is 7. The Morgan fingerprint density at radius 2 is 1.78 bits per heavy atom. The highest BCUT2D eigenvalue weighted by Crippen LogP contribution is 2.33. The number of thiophene rings is 1. The second-order valence-electron chi connectivity index (χ2n) is 7.97. The summed E-state index contributed by atoms with van der Waals surface area (Å²) in [5, 5.41) is 11.8. The highest BCUT2D eigenvalue weighted by molar-refractivity contribution is 7.89. The van der Waals surface area contributed by atoms with Crippen LogP contribution in [0.15, 0.2) is 70.9 Å². The van der Waals surface area contributed by atoms with Gasteiger partial charge < -0.3 is 19.5 Å². The number of sulfonamides is 1. The number of nitrogens with zero attached hydrogens (tertiary/aromatic N) is 2. The maximum absolute atomic E-state index is 13.7. The number of carboxylic acids is 1. The van der Waals surface area contributed by atoms with Crippen molar-refractivity contribution in [3.8, 4) is 17.6 Å². The summed E-state index contributed by atoms with van der Waals surface area (Å²) < 4.78 is 38.7. The molecule has 9 nitrogen and oxygen atoms in total. The number of benzene rings is 2. The molecule has 0 spiro atoms. The van der Waals surface area contributed by atoms with E-state index in [0.29, 0.717) is 21.9 Å². The summed E-state index contributed by atoms with van der Waals surface area (Å²) in [5.74, 6) is 4.19. The van der Waals surface area contributed by atoms with Crippen LogP contribution in [0, 0.1) is 11.8 Å². The molecule has 0 radical (unpaired) electrons. The molecule has 1 N–H and O–H groups in total. The molecular formula is C26H24N2O7S2. The van der Waals surface area contributed by atoms with Crippen LogP contribution in [-0.2, 0) is 26.1 Å². The Bertz CT molecular complexity index is 1430. The highest BCUT2D eigenvalue weighted by atomic mass is 32.2. The summed E-state index contributed by atoms with van der Waals surface area (Å²) in [6.07, 6.45) is 0. The third kappa shape index (κ3) is 5.84. The van der Waals surface area contributed by atoms with Gasteiger partial charge in [0.1, 0.15) is 25.0 Å². The van der Waals surface area contributed by atoms with Gasteiger partial charge in [-0.25, -0.2) is 8.42 Å². The predicted molar refractivity (Wildman–Crippen MR) is 138 cm³/mol. The first-order valence-electron chi connectivity index (χ1n) is 11.2. The summed E-state index contributed by atoms with van der Waals surface area (Å²) in [6.45, 7) is -0.172. The molecular weight excluding hydrogens is 516 g/mol. The van der Waals surface area contributed by atoms with Crippen LogP contribution >= 0.6 is 11.3 Å². The Morgan fingerprint density at radius 3 is 2.46 bits per heavy atom. The molecule has 1 aromatic heterocycles. The van der Waals surface area contributed by atoms with Crippen molar-refractivity contribution in [3.63, 3.8) is 0 Å². The van der Waals surface area contributed by atoms with Gasteiger partial charge in [0.15, 0.2) is 0 Å². The lowest BCUT2D eigenvalue weighted by molar-refractivity contribution is -0.141. The number of anilines is 1. The van der Waals surface area contributed by atoms with Crippen LogP contribution in [-0.4, -0.2) is 62.6 Å². The molecule has 0 saturated heterocycles. The van der Waals surface area contributed by atoms with Crippen LogP contribution in [0.2, 0.25) is 0 Å². The molecule has 2 heterocycles. The summed E-state index contributed by atoms with van der Waals surface area (Å²) in [5.41, 5.74) is 0.998. The van der Waals surface area contributed by atoms with Gasteiger partial charge in [-0.15, -0.1) is 11.3 Å². The quantitative estimate of drug-likeness (QED) is 0.458. The number of carbonyl (C=O) groups excluding carboxylic acids is 1. The van der Waals surface area contributed by atoms with E-state index in [0.717, 1.165) is 4.31 Å². The third-order valence-corrected chi connectivity index (χ3v) is 8.38. The predicted octanol–water partition coefficient (Wildman–Crippen LogP) is 3.08. The van der Waals surface area contributed by atoms with Crippen molar-refractivity contribution >= 4 is 38.9 Å². The number of carbonyl (C=O) groups is 2. The molecule has 0 aliphatic carbocycles. The number of methoxy groups -OCH3 is 1. The number of amides is 1. The molecule has 11 heteroatoms. The zero-order valence-electron chi connectivity index (χ0n) is 19.9. The second kappa shape index (κ2) is 11.6. The lowest BCUT2D eigenvalue weighted by Crippen LogP contribution is -2.50. The molecule has 37 heavy (non-hydrogen) atoms. The van der Waals surface area contributed by atoms with Crippen LogP contribution in [0.5, 0.6) is 5.75 Å². The second-order valence-corrected chi connectivity index (χ2v) is 10.8. The molecule has 1 unspecified atom stereocenters. The number of fused-ring (bicyclic) bond motifs is 1. The topological polar surface area (TPSA) is 113 Å². The fourth-order valence-electron chi connectivity index (χ4n) is 3.86. The number of aliphatic carboxylic acids is 1. The summed E-state index contributed by atoms with van der Waals surface area (Å²) in [7, 11) is -2.72. The average Bonchev–Trinajstić information content (AvgIpc) is 3.37. The minimum Gasteiger partial charge on any atom is -0.481 e. The lowest BCUT2D eigenvalue weighted by Gasteiger charge is -2.28. The summed E-state index contributed by atoms with van der Waals surface area (Å²) >= 11 is 1.23. The Hall–Kier alpha value is -3.69. The molecule has 1 atom stereocenters. The Morgan fingerprint density at radius 1 is 1.05 bits per heavy atom. The molecule has 4 rings (SSSR count). The van der Waals surface area contributed by atoms with Gasteiger partial charge in [-0.1, -0.05) is 36.1 Å². The minimum absolute atomic E-state index is 0.0907. The zero-order chi connectivity index (χ0) is 26.4. The number of ether oxygens (including phenoxy) is 2. The first-order chi connectivity index (χ1) is 17.8. The fourth-order valence-corrected chi connectivity index (χ4v) is 6.09. The van der Waals surface area contributed by atoms with Crippen molar-refractivity contribution in [1.29, 1.82) is 0 Å². The van der Waals surface area contributed by atoms with Gasteiger partial charge >= 0.3 is 5.97 Å². The van der Waals surface area contributed by atoms with Crippen LogP contribution < -0.4 is 9.64 Å². The van der Waals surface area contributed by atoms with Crippen molar-refractivity contribution < 1.29 is 32.6 Å². The third-order valence-electron chi connectivity index (χ3n) is 5.66. The molecule has 1 aliphatic heterocycles. The van der Waals surface area contributed by atoms with Gasteiger partial charge in [0.2, 0.25) is 10.0 Å². The van der Waals surface area contributed by atoms with Gasteiger partial charge in [0, 0.05) is 19.3 Å². The Kier molecular flexibility index (Phi) is 8.25. The molecule has 0 fully saturated rings. The largest absolute Gasteiger partial charge is 0.481 e. The zero-order valence-corrected chi connectivity index (χ0v) is 21.5.